The average molecular weight is 391 g/mol. The molecule has 0 spiro atoms. The second-order valence-electron chi connectivity index (χ2n) is 6.55. The summed E-state index contributed by atoms with van der Waals surface area (Å²) < 4.78 is 27.5. The molecule has 3 heterocycles. The van der Waals surface area contributed by atoms with Crippen molar-refractivity contribution in [2.75, 3.05) is 26.2 Å². The molecule has 0 atom stereocenters. The third-order valence-corrected chi connectivity index (χ3v) is 8.49. The molecular formula is C16H23ClN2O3S2. The number of carbonyl (C=O) groups is 1. The number of rotatable bonds is 4. The number of sulfonamides is 1. The fraction of sp³-hybridized carbons (Fsp3) is 0.688. The molecule has 8 heteroatoms. The van der Waals surface area contributed by atoms with Gasteiger partial charge in [-0.2, -0.15) is 4.31 Å². The lowest BCUT2D eigenvalue weighted by Crippen LogP contribution is -2.41. The summed E-state index contributed by atoms with van der Waals surface area (Å²) in [6.07, 6.45) is 5.47. The average Bonchev–Trinajstić information content (AvgIpc) is 3.03. The Balaban J connectivity index is 1.53. The number of thiophene rings is 1. The van der Waals surface area contributed by atoms with E-state index >= 15 is 0 Å². The zero-order valence-corrected chi connectivity index (χ0v) is 16.0. The normalized spacial score (nSPS) is 21.1. The Morgan fingerprint density at radius 1 is 1.12 bits per heavy atom. The Morgan fingerprint density at radius 2 is 1.79 bits per heavy atom. The maximum atomic E-state index is 12.6. The molecule has 1 aromatic rings. The number of likely N-dealkylation sites (tertiary alicyclic amines) is 1. The maximum Gasteiger partial charge on any atom is 0.252 e. The Labute approximate surface area is 152 Å². The van der Waals surface area contributed by atoms with Gasteiger partial charge in [0, 0.05) is 32.6 Å². The lowest BCUT2D eigenvalue weighted by molar-refractivity contribution is -0.133. The summed E-state index contributed by atoms with van der Waals surface area (Å²) in [7, 11) is -3.44. The quantitative estimate of drug-likeness (QED) is 0.793. The first-order chi connectivity index (χ1) is 11.5. The molecule has 24 heavy (non-hydrogen) atoms. The SMILES string of the molecule is O=C(CC1CCN(S(=O)(=O)c2ccc(Cl)s2)CC1)N1CCCCC1. The molecule has 0 bridgehead atoms. The van der Waals surface area contributed by atoms with Crippen molar-refractivity contribution in [1.29, 1.82) is 0 Å². The largest absolute Gasteiger partial charge is 0.343 e. The van der Waals surface area contributed by atoms with Crippen LogP contribution in [0.3, 0.4) is 0 Å². The van der Waals surface area contributed by atoms with Crippen molar-refractivity contribution in [1.82, 2.24) is 9.21 Å². The van der Waals surface area contributed by atoms with E-state index in [4.69, 9.17) is 11.6 Å². The number of hydrogen-bond acceptors (Lipinski definition) is 4. The Hall–Kier alpha value is -0.630. The summed E-state index contributed by atoms with van der Waals surface area (Å²) in [6.45, 7) is 2.72. The van der Waals surface area contributed by atoms with Gasteiger partial charge in [0.15, 0.2) is 0 Å². The van der Waals surface area contributed by atoms with Crippen LogP contribution in [0.25, 0.3) is 0 Å². The molecule has 0 aliphatic carbocycles. The third-order valence-electron chi connectivity index (χ3n) is 4.89. The number of carbonyl (C=O) groups excluding carboxylic acids is 1. The van der Waals surface area contributed by atoms with E-state index in [-0.39, 0.29) is 11.8 Å². The van der Waals surface area contributed by atoms with Crippen LogP contribution in [0.5, 0.6) is 0 Å². The smallest absolute Gasteiger partial charge is 0.252 e. The molecule has 0 aromatic carbocycles. The lowest BCUT2D eigenvalue weighted by Gasteiger charge is -2.33. The molecule has 2 aliphatic heterocycles. The number of piperidine rings is 2. The van der Waals surface area contributed by atoms with E-state index in [0.717, 1.165) is 50.1 Å². The monoisotopic (exact) mass is 390 g/mol. The number of hydrogen-bond donors (Lipinski definition) is 0. The molecule has 2 fully saturated rings. The summed E-state index contributed by atoms with van der Waals surface area (Å²) in [5, 5.41) is 0. The topological polar surface area (TPSA) is 57.7 Å². The van der Waals surface area contributed by atoms with E-state index in [9.17, 15) is 13.2 Å². The molecule has 134 valence electrons. The van der Waals surface area contributed by atoms with Gasteiger partial charge in [0.05, 0.1) is 4.34 Å². The standard InChI is InChI=1S/C16H23ClN2O3S2/c17-14-4-5-16(23-14)24(21,22)19-10-6-13(7-11-19)12-15(20)18-8-2-1-3-9-18/h4-5,13H,1-3,6-12H2. The highest BCUT2D eigenvalue weighted by Gasteiger charge is 2.31. The van der Waals surface area contributed by atoms with Crippen molar-refractivity contribution in [3.05, 3.63) is 16.5 Å². The molecule has 1 amide bonds. The lowest BCUT2D eigenvalue weighted by atomic mass is 9.93. The molecule has 1 aromatic heterocycles. The van der Waals surface area contributed by atoms with Gasteiger partial charge in [0.25, 0.3) is 10.0 Å². The fourth-order valence-electron chi connectivity index (χ4n) is 3.44. The molecular weight excluding hydrogens is 368 g/mol. The van der Waals surface area contributed by atoms with Crippen molar-refractivity contribution >= 4 is 38.9 Å². The zero-order chi connectivity index (χ0) is 17.2. The van der Waals surface area contributed by atoms with Crippen LogP contribution >= 0.6 is 22.9 Å². The summed E-state index contributed by atoms with van der Waals surface area (Å²) in [4.78, 5) is 14.3. The first kappa shape index (κ1) is 18.2. The molecule has 0 saturated carbocycles. The van der Waals surface area contributed by atoms with Crippen molar-refractivity contribution in [2.45, 2.75) is 42.7 Å². The predicted octanol–water partition coefficient (Wildman–Crippen LogP) is 3.20. The Kier molecular flexibility index (Phi) is 5.85. The van der Waals surface area contributed by atoms with Gasteiger partial charge in [-0.05, 0) is 50.2 Å². The van der Waals surface area contributed by atoms with E-state index in [1.54, 1.807) is 12.1 Å². The fourth-order valence-corrected chi connectivity index (χ4v) is 6.54. The van der Waals surface area contributed by atoms with Crippen molar-refractivity contribution in [2.24, 2.45) is 5.92 Å². The van der Waals surface area contributed by atoms with Crippen LogP contribution in [-0.2, 0) is 14.8 Å². The summed E-state index contributed by atoms with van der Waals surface area (Å²) in [6, 6.07) is 3.18. The van der Waals surface area contributed by atoms with E-state index in [1.165, 1.54) is 10.7 Å². The molecule has 2 saturated heterocycles. The minimum atomic E-state index is -3.44. The summed E-state index contributed by atoms with van der Waals surface area (Å²) in [5.74, 6) is 0.527. The molecule has 0 N–H and O–H groups in total. The highest BCUT2D eigenvalue weighted by atomic mass is 35.5. The van der Waals surface area contributed by atoms with Gasteiger partial charge in [-0.25, -0.2) is 8.42 Å². The second-order valence-corrected chi connectivity index (χ2v) is 10.4. The van der Waals surface area contributed by atoms with Crippen LogP contribution in [0, 0.1) is 5.92 Å². The van der Waals surface area contributed by atoms with Gasteiger partial charge in [-0.15, -0.1) is 11.3 Å². The highest BCUT2D eigenvalue weighted by molar-refractivity contribution is 7.91. The first-order valence-corrected chi connectivity index (χ1v) is 11.1. The molecule has 5 nitrogen and oxygen atoms in total. The van der Waals surface area contributed by atoms with E-state index in [0.29, 0.717) is 28.1 Å². The van der Waals surface area contributed by atoms with Crippen molar-refractivity contribution < 1.29 is 13.2 Å². The van der Waals surface area contributed by atoms with Gasteiger partial charge >= 0.3 is 0 Å². The van der Waals surface area contributed by atoms with E-state index in [1.807, 2.05) is 4.90 Å². The van der Waals surface area contributed by atoms with Gasteiger partial charge in [0.1, 0.15) is 4.21 Å². The van der Waals surface area contributed by atoms with Crippen LogP contribution in [0.4, 0.5) is 0 Å². The van der Waals surface area contributed by atoms with Gasteiger partial charge in [-0.1, -0.05) is 11.6 Å². The van der Waals surface area contributed by atoms with Crippen molar-refractivity contribution in [3.63, 3.8) is 0 Å². The third kappa shape index (κ3) is 4.12. The van der Waals surface area contributed by atoms with Crippen LogP contribution in [0.2, 0.25) is 4.34 Å². The van der Waals surface area contributed by atoms with E-state index < -0.39 is 10.0 Å². The van der Waals surface area contributed by atoms with Crippen LogP contribution in [-0.4, -0.2) is 49.7 Å². The predicted molar refractivity (Wildman–Crippen MR) is 95.9 cm³/mol. The molecule has 0 radical (unpaired) electrons. The second kappa shape index (κ2) is 7.72. The summed E-state index contributed by atoms with van der Waals surface area (Å²) in [5.41, 5.74) is 0. The first-order valence-electron chi connectivity index (χ1n) is 8.50. The van der Waals surface area contributed by atoms with Crippen LogP contribution in [0.1, 0.15) is 38.5 Å². The Bertz CT molecular complexity index is 675. The van der Waals surface area contributed by atoms with Gasteiger partial charge in [-0.3, -0.25) is 4.79 Å². The summed E-state index contributed by atoms with van der Waals surface area (Å²) >= 11 is 6.95. The minimum absolute atomic E-state index is 0.237. The number of halogens is 1. The van der Waals surface area contributed by atoms with Gasteiger partial charge < -0.3 is 4.90 Å². The Morgan fingerprint density at radius 3 is 2.38 bits per heavy atom. The highest BCUT2D eigenvalue weighted by Crippen LogP contribution is 2.31. The molecule has 0 unspecified atom stereocenters. The van der Waals surface area contributed by atoms with E-state index in [2.05, 4.69) is 0 Å². The maximum absolute atomic E-state index is 12.6. The minimum Gasteiger partial charge on any atom is -0.343 e. The van der Waals surface area contributed by atoms with Crippen molar-refractivity contribution in [3.8, 4) is 0 Å². The van der Waals surface area contributed by atoms with Crippen LogP contribution < -0.4 is 0 Å². The molecule has 3 rings (SSSR count). The number of amides is 1. The number of nitrogens with zero attached hydrogens (tertiary/aromatic N) is 2. The molecule has 2 aliphatic rings. The zero-order valence-electron chi connectivity index (χ0n) is 13.6. The van der Waals surface area contributed by atoms with Gasteiger partial charge in [0.2, 0.25) is 5.91 Å². The van der Waals surface area contributed by atoms with Crippen LogP contribution in [0.15, 0.2) is 16.3 Å².